The molecule has 0 aliphatic carbocycles. The van der Waals surface area contributed by atoms with Gasteiger partial charge in [-0.1, -0.05) is 35.5 Å². The summed E-state index contributed by atoms with van der Waals surface area (Å²) in [6.07, 6.45) is 0. The van der Waals surface area contributed by atoms with E-state index in [4.69, 9.17) is 19.7 Å². The van der Waals surface area contributed by atoms with E-state index in [1.165, 1.54) is 0 Å². The Balaban J connectivity index is 1.65. The Labute approximate surface area is 151 Å². The Bertz CT molecular complexity index is 891. The highest BCUT2D eigenvalue weighted by atomic mass is 16.5. The van der Waals surface area contributed by atoms with E-state index >= 15 is 0 Å². The van der Waals surface area contributed by atoms with Gasteiger partial charge in [0.2, 0.25) is 0 Å². The van der Waals surface area contributed by atoms with E-state index in [9.17, 15) is 0 Å². The van der Waals surface area contributed by atoms with E-state index in [1.807, 2.05) is 42.5 Å². The van der Waals surface area contributed by atoms with Gasteiger partial charge < -0.3 is 25.0 Å². The van der Waals surface area contributed by atoms with Crippen molar-refractivity contribution in [2.24, 2.45) is 10.7 Å². The number of anilines is 1. The summed E-state index contributed by atoms with van der Waals surface area (Å²) in [6.45, 7) is 0.308. The molecule has 0 bridgehead atoms. The molecule has 1 aromatic heterocycles. The second kappa shape index (κ2) is 8.06. The maximum absolute atomic E-state index is 5.94. The van der Waals surface area contributed by atoms with Crippen molar-refractivity contribution >= 4 is 11.6 Å². The summed E-state index contributed by atoms with van der Waals surface area (Å²) >= 11 is 0. The van der Waals surface area contributed by atoms with Gasteiger partial charge in [-0.25, -0.2) is 4.99 Å². The van der Waals surface area contributed by atoms with Gasteiger partial charge in [0, 0.05) is 23.4 Å². The molecule has 0 aliphatic heterocycles. The lowest BCUT2D eigenvalue weighted by Gasteiger charge is -2.10. The molecule has 0 amide bonds. The molecule has 134 valence electrons. The Morgan fingerprint density at radius 3 is 2.58 bits per heavy atom. The minimum Gasteiger partial charge on any atom is -0.493 e. The van der Waals surface area contributed by atoms with E-state index in [-0.39, 0.29) is 5.96 Å². The lowest BCUT2D eigenvalue weighted by atomic mass is 10.2. The number of methoxy groups -OCH3 is 2. The quantitative estimate of drug-likeness (QED) is 0.522. The van der Waals surface area contributed by atoms with Gasteiger partial charge in [0.1, 0.15) is 5.69 Å². The average Bonchev–Trinajstić information content (AvgIpc) is 3.16. The Kier molecular flexibility index (Phi) is 5.38. The van der Waals surface area contributed by atoms with Crippen LogP contribution in [-0.4, -0.2) is 25.3 Å². The van der Waals surface area contributed by atoms with Crippen LogP contribution in [0.2, 0.25) is 0 Å². The van der Waals surface area contributed by atoms with Crippen molar-refractivity contribution in [2.75, 3.05) is 19.5 Å². The first-order chi connectivity index (χ1) is 12.7. The second-order valence-corrected chi connectivity index (χ2v) is 5.44. The lowest BCUT2D eigenvalue weighted by Crippen LogP contribution is -2.22. The fourth-order valence-corrected chi connectivity index (χ4v) is 2.39. The van der Waals surface area contributed by atoms with Gasteiger partial charge in [-0.2, -0.15) is 0 Å². The third-order valence-electron chi connectivity index (χ3n) is 3.68. The molecule has 3 N–H and O–H groups in total. The molecule has 0 spiro atoms. The number of ether oxygens (including phenoxy) is 2. The largest absolute Gasteiger partial charge is 0.493 e. The molecule has 7 nitrogen and oxygen atoms in total. The predicted molar refractivity (Wildman–Crippen MR) is 100 cm³/mol. The fourth-order valence-electron chi connectivity index (χ4n) is 2.39. The summed E-state index contributed by atoms with van der Waals surface area (Å²) < 4.78 is 15.8. The average molecular weight is 352 g/mol. The van der Waals surface area contributed by atoms with Gasteiger partial charge >= 0.3 is 0 Å². The molecule has 0 atom stereocenters. The molecule has 2 aromatic carbocycles. The van der Waals surface area contributed by atoms with Crippen LogP contribution < -0.4 is 20.5 Å². The fraction of sp³-hybridized carbons (Fsp3) is 0.158. The lowest BCUT2D eigenvalue weighted by molar-refractivity contribution is 0.355. The highest BCUT2D eigenvalue weighted by Gasteiger charge is 2.07. The van der Waals surface area contributed by atoms with Crippen LogP contribution in [0.25, 0.3) is 11.3 Å². The van der Waals surface area contributed by atoms with Crippen LogP contribution in [-0.2, 0) is 6.54 Å². The summed E-state index contributed by atoms with van der Waals surface area (Å²) in [5.74, 6) is 2.21. The number of hydrogen-bond donors (Lipinski definition) is 2. The molecular weight excluding hydrogens is 332 g/mol. The Morgan fingerprint density at radius 2 is 1.85 bits per heavy atom. The number of nitrogens with one attached hydrogen (secondary N) is 1. The minimum absolute atomic E-state index is 0.265. The maximum Gasteiger partial charge on any atom is 0.193 e. The zero-order chi connectivity index (χ0) is 18.4. The first-order valence-corrected chi connectivity index (χ1v) is 7.99. The molecule has 0 radical (unpaired) electrons. The summed E-state index contributed by atoms with van der Waals surface area (Å²) in [6, 6.07) is 17.0. The molecule has 26 heavy (non-hydrogen) atoms. The van der Waals surface area contributed by atoms with Crippen LogP contribution in [0.15, 0.2) is 64.1 Å². The van der Waals surface area contributed by atoms with Crippen molar-refractivity contribution in [3.05, 3.63) is 60.3 Å². The standard InChI is InChI=1S/C19H20N4O3/c1-24-16-9-8-14(10-18(16)25-2)22-19(20)21-12-15-11-17(26-23-15)13-6-4-3-5-7-13/h3-11H,12H2,1-2H3,(H3,20,21,22). The van der Waals surface area contributed by atoms with E-state index in [0.29, 0.717) is 29.5 Å². The number of nitrogens with two attached hydrogens (primary N) is 1. The molecular formula is C19H20N4O3. The molecule has 3 aromatic rings. The van der Waals surface area contributed by atoms with Crippen molar-refractivity contribution in [1.82, 2.24) is 5.16 Å². The van der Waals surface area contributed by atoms with Crippen LogP contribution in [0.3, 0.4) is 0 Å². The van der Waals surface area contributed by atoms with Gasteiger partial charge in [0.05, 0.1) is 20.8 Å². The summed E-state index contributed by atoms with van der Waals surface area (Å²) in [5, 5.41) is 7.03. The van der Waals surface area contributed by atoms with Crippen molar-refractivity contribution < 1.29 is 14.0 Å². The number of benzene rings is 2. The zero-order valence-corrected chi connectivity index (χ0v) is 14.6. The molecule has 0 saturated heterocycles. The van der Waals surface area contributed by atoms with E-state index in [2.05, 4.69) is 15.5 Å². The van der Waals surface area contributed by atoms with E-state index < -0.39 is 0 Å². The third kappa shape index (κ3) is 4.13. The monoisotopic (exact) mass is 352 g/mol. The van der Waals surface area contributed by atoms with Crippen LogP contribution in [0, 0.1) is 0 Å². The zero-order valence-electron chi connectivity index (χ0n) is 14.6. The number of aliphatic imine (C=N–C) groups is 1. The number of rotatable bonds is 6. The van der Waals surface area contributed by atoms with Crippen LogP contribution in [0.1, 0.15) is 5.69 Å². The van der Waals surface area contributed by atoms with Gasteiger partial charge in [0.25, 0.3) is 0 Å². The number of nitrogens with zero attached hydrogens (tertiary/aromatic N) is 2. The minimum atomic E-state index is 0.265. The maximum atomic E-state index is 5.94. The molecule has 7 heteroatoms. The second-order valence-electron chi connectivity index (χ2n) is 5.44. The molecule has 0 aliphatic rings. The molecule has 1 heterocycles. The van der Waals surface area contributed by atoms with Gasteiger partial charge in [0.15, 0.2) is 23.2 Å². The van der Waals surface area contributed by atoms with E-state index in [1.54, 1.807) is 26.4 Å². The van der Waals surface area contributed by atoms with Crippen LogP contribution in [0.5, 0.6) is 11.5 Å². The van der Waals surface area contributed by atoms with Crippen molar-refractivity contribution in [2.45, 2.75) is 6.54 Å². The first kappa shape index (κ1) is 17.3. The smallest absolute Gasteiger partial charge is 0.193 e. The Hall–Kier alpha value is -3.48. The molecule has 0 saturated carbocycles. The van der Waals surface area contributed by atoms with Crippen LogP contribution >= 0.6 is 0 Å². The molecule has 3 rings (SSSR count). The number of aromatic nitrogens is 1. The molecule has 0 unspecified atom stereocenters. The van der Waals surface area contributed by atoms with Crippen LogP contribution in [0.4, 0.5) is 5.69 Å². The highest BCUT2D eigenvalue weighted by molar-refractivity contribution is 5.92. The van der Waals surface area contributed by atoms with Crippen molar-refractivity contribution in [3.63, 3.8) is 0 Å². The van der Waals surface area contributed by atoms with Crippen molar-refractivity contribution in [1.29, 1.82) is 0 Å². The van der Waals surface area contributed by atoms with Gasteiger partial charge in [-0.3, -0.25) is 0 Å². The topological polar surface area (TPSA) is 94.9 Å². The highest BCUT2D eigenvalue weighted by Crippen LogP contribution is 2.29. The summed E-state index contributed by atoms with van der Waals surface area (Å²) in [5.41, 5.74) is 8.35. The summed E-state index contributed by atoms with van der Waals surface area (Å²) in [4.78, 5) is 4.28. The Morgan fingerprint density at radius 1 is 1.08 bits per heavy atom. The predicted octanol–water partition coefficient (Wildman–Crippen LogP) is 3.29. The first-order valence-electron chi connectivity index (χ1n) is 7.99. The number of hydrogen-bond acceptors (Lipinski definition) is 5. The SMILES string of the molecule is COc1ccc(NC(N)=NCc2cc(-c3ccccc3)on2)cc1OC. The number of guanidine groups is 1. The summed E-state index contributed by atoms with van der Waals surface area (Å²) in [7, 11) is 3.16. The van der Waals surface area contributed by atoms with E-state index in [0.717, 1.165) is 11.3 Å². The van der Waals surface area contributed by atoms with Gasteiger partial charge in [-0.15, -0.1) is 0 Å². The van der Waals surface area contributed by atoms with Gasteiger partial charge in [-0.05, 0) is 12.1 Å². The van der Waals surface area contributed by atoms with Crippen molar-refractivity contribution in [3.8, 4) is 22.8 Å². The third-order valence-corrected chi connectivity index (χ3v) is 3.68. The molecule has 0 fully saturated rings. The normalized spacial score (nSPS) is 11.2.